The maximum absolute atomic E-state index is 14.0. The van der Waals surface area contributed by atoms with E-state index in [0.717, 1.165) is 30.3 Å². The van der Waals surface area contributed by atoms with Gasteiger partial charge in [-0.1, -0.05) is 29.4 Å². The van der Waals surface area contributed by atoms with Crippen molar-refractivity contribution < 1.29 is 37.4 Å². The lowest BCUT2D eigenvalue weighted by Crippen LogP contribution is -2.38. The van der Waals surface area contributed by atoms with Crippen LogP contribution in [0.25, 0.3) is 22.8 Å². The highest BCUT2D eigenvalue weighted by atomic mass is 19.4. The molecule has 0 radical (unpaired) electrons. The number of hydrogen-bond acceptors (Lipinski definition) is 8. The molecule has 0 saturated carbocycles. The van der Waals surface area contributed by atoms with E-state index in [2.05, 4.69) is 20.1 Å². The number of piperidine rings is 1. The highest BCUT2D eigenvalue weighted by Crippen LogP contribution is 2.39. The van der Waals surface area contributed by atoms with E-state index in [4.69, 9.17) is 14.4 Å². The van der Waals surface area contributed by atoms with E-state index < -0.39 is 30.0 Å². The molecule has 2 aliphatic rings. The minimum Gasteiger partial charge on any atom is -0.481 e. The first kappa shape index (κ1) is 27.3. The first-order valence-corrected chi connectivity index (χ1v) is 13.0. The molecule has 0 aliphatic carbocycles. The van der Waals surface area contributed by atoms with Gasteiger partial charge in [0.25, 0.3) is 5.89 Å². The first-order chi connectivity index (χ1) is 18.7. The molecule has 0 amide bonds. The van der Waals surface area contributed by atoms with E-state index in [1.165, 1.54) is 0 Å². The van der Waals surface area contributed by atoms with Crippen LogP contribution in [0.2, 0.25) is 0 Å². The van der Waals surface area contributed by atoms with Crippen molar-refractivity contribution >= 4 is 5.97 Å². The van der Waals surface area contributed by atoms with Crippen LogP contribution in [-0.4, -0.2) is 73.9 Å². The number of aliphatic hydroxyl groups excluding tert-OH is 1. The van der Waals surface area contributed by atoms with Crippen LogP contribution >= 0.6 is 0 Å². The summed E-state index contributed by atoms with van der Waals surface area (Å²) in [7, 11) is 0. The molecule has 39 heavy (non-hydrogen) atoms. The van der Waals surface area contributed by atoms with Crippen LogP contribution in [0.1, 0.15) is 55.5 Å². The summed E-state index contributed by atoms with van der Waals surface area (Å²) in [5.74, 6) is -0.906. The molecule has 4 heterocycles. The predicted molar refractivity (Wildman–Crippen MR) is 131 cm³/mol. The molecule has 2 atom stereocenters. The third kappa shape index (κ3) is 6.31. The Balaban J connectivity index is 1.29. The summed E-state index contributed by atoms with van der Waals surface area (Å²) in [6, 6.07) is 6.33. The summed E-state index contributed by atoms with van der Waals surface area (Å²) in [6.07, 6.45) is -1.62. The first-order valence-electron chi connectivity index (χ1n) is 13.0. The summed E-state index contributed by atoms with van der Waals surface area (Å²) in [4.78, 5) is 17.3. The van der Waals surface area contributed by atoms with Gasteiger partial charge in [-0.2, -0.15) is 23.3 Å². The average molecular weight is 550 g/mol. The quantitative estimate of drug-likeness (QED) is 0.425. The zero-order chi connectivity index (χ0) is 27.6. The van der Waals surface area contributed by atoms with Crippen LogP contribution in [-0.2, 0) is 15.7 Å². The van der Waals surface area contributed by atoms with E-state index >= 15 is 0 Å². The molecular weight excluding hydrogens is 519 g/mol. The van der Waals surface area contributed by atoms with E-state index in [1.807, 2.05) is 0 Å². The fourth-order valence-corrected chi connectivity index (χ4v) is 5.39. The normalized spacial score (nSPS) is 20.3. The minimum atomic E-state index is -4.67. The number of β-amino-alcohol motifs (C(OH)–C–C–N with tert-alkyl or cyclic N) is 1. The number of carboxylic acids is 1. The summed E-state index contributed by atoms with van der Waals surface area (Å²) < 4.78 is 53.6. The summed E-state index contributed by atoms with van der Waals surface area (Å²) in [5.41, 5.74) is -0.0281. The monoisotopic (exact) mass is 549 g/mol. The average Bonchev–Trinajstić information content (AvgIpc) is 3.57. The maximum atomic E-state index is 14.0. The fraction of sp³-hybridized carbons (Fsp3) is 0.538. The van der Waals surface area contributed by atoms with Crippen molar-refractivity contribution in [3.8, 4) is 22.8 Å². The zero-order valence-electron chi connectivity index (χ0n) is 21.2. The smallest absolute Gasteiger partial charge is 0.433 e. The number of aliphatic hydroxyl groups is 1. The third-order valence-corrected chi connectivity index (χ3v) is 7.31. The standard InChI is InChI=1S/C26H30F3N5O5/c27-26(28,29)23-20(13-30-34(23)19-7-10-38-11-8-19)25-31-24(32-39-25)18-5-3-17(4-6-18)21(35)15-33-9-1-2-16(14-33)12-22(36)37/h3-6,13,16,19,21,35H,1-2,7-12,14-15H2,(H,36,37)/t16-,21-/m1/s1. The van der Waals surface area contributed by atoms with Crippen LogP contribution in [0.3, 0.4) is 0 Å². The van der Waals surface area contributed by atoms with E-state index in [9.17, 15) is 23.1 Å². The van der Waals surface area contributed by atoms with Crippen LogP contribution < -0.4 is 0 Å². The Morgan fingerprint density at radius 3 is 2.59 bits per heavy atom. The lowest BCUT2D eigenvalue weighted by molar-refractivity contribution is -0.145. The van der Waals surface area contributed by atoms with Crippen molar-refractivity contribution in [2.75, 3.05) is 32.8 Å². The Labute approximate surface area is 222 Å². The molecule has 2 N–H and O–H groups in total. The lowest BCUT2D eigenvalue weighted by atomic mass is 9.94. The number of benzene rings is 1. The number of nitrogens with zero attached hydrogens (tertiary/aromatic N) is 5. The molecule has 3 aromatic rings. The lowest BCUT2D eigenvalue weighted by Gasteiger charge is -2.33. The number of ether oxygens (including phenoxy) is 1. The Morgan fingerprint density at radius 1 is 1.15 bits per heavy atom. The van der Waals surface area contributed by atoms with Crippen LogP contribution in [0.15, 0.2) is 35.0 Å². The largest absolute Gasteiger partial charge is 0.481 e. The van der Waals surface area contributed by atoms with Crippen molar-refractivity contribution in [2.45, 2.75) is 50.4 Å². The topological polar surface area (TPSA) is 127 Å². The summed E-state index contributed by atoms with van der Waals surface area (Å²) >= 11 is 0. The summed E-state index contributed by atoms with van der Waals surface area (Å²) in [5, 5.41) is 27.7. The van der Waals surface area contributed by atoms with Gasteiger partial charge in [-0.3, -0.25) is 9.48 Å². The number of hydrogen-bond donors (Lipinski definition) is 2. The molecule has 2 aromatic heterocycles. The molecule has 13 heteroatoms. The van der Waals surface area contributed by atoms with Crippen molar-refractivity contribution in [1.82, 2.24) is 24.8 Å². The predicted octanol–water partition coefficient (Wildman–Crippen LogP) is 4.19. The second-order valence-corrected chi connectivity index (χ2v) is 10.1. The third-order valence-electron chi connectivity index (χ3n) is 7.31. The van der Waals surface area contributed by atoms with Crippen molar-refractivity contribution in [2.24, 2.45) is 5.92 Å². The van der Waals surface area contributed by atoms with Crippen LogP contribution in [0.4, 0.5) is 13.2 Å². The Morgan fingerprint density at radius 2 is 1.90 bits per heavy atom. The second-order valence-electron chi connectivity index (χ2n) is 10.1. The van der Waals surface area contributed by atoms with Gasteiger partial charge in [-0.05, 0) is 43.7 Å². The Hall–Kier alpha value is -3.29. The molecule has 0 unspecified atom stereocenters. The van der Waals surface area contributed by atoms with Gasteiger partial charge >= 0.3 is 12.1 Å². The molecule has 2 aliphatic heterocycles. The molecule has 0 spiro atoms. The number of alkyl halides is 3. The second kappa shape index (κ2) is 11.4. The number of carbonyl (C=O) groups is 1. The van der Waals surface area contributed by atoms with E-state index in [1.54, 1.807) is 24.3 Å². The molecule has 10 nitrogen and oxygen atoms in total. The number of halogens is 3. The van der Waals surface area contributed by atoms with Crippen LogP contribution in [0, 0.1) is 5.92 Å². The highest BCUT2D eigenvalue weighted by Gasteiger charge is 2.41. The van der Waals surface area contributed by atoms with Gasteiger partial charge in [0, 0.05) is 38.3 Å². The molecular formula is C26H30F3N5O5. The van der Waals surface area contributed by atoms with Gasteiger partial charge in [-0.15, -0.1) is 0 Å². The van der Waals surface area contributed by atoms with Crippen LogP contribution in [0.5, 0.6) is 0 Å². The van der Waals surface area contributed by atoms with Crippen molar-refractivity contribution in [3.63, 3.8) is 0 Å². The summed E-state index contributed by atoms with van der Waals surface area (Å²) in [6.45, 7) is 2.53. The number of likely N-dealkylation sites (tertiary alicyclic amines) is 1. The van der Waals surface area contributed by atoms with Gasteiger partial charge in [0.05, 0.1) is 23.9 Å². The maximum Gasteiger partial charge on any atom is 0.433 e. The number of rotatable bonds is 8. The van der Waals surface area contributed by atoms with E-state index in [0.29, 0.717) is 50.3 Å². The Bertz CT molecular complexity index is 1270. The fourth-order valence-electron chi connectivity index (χ4n) is 5.39. The van der Waals surface area contributed by atoms with Crippen molar-refractivity contribution in [3.05, 3.63) is 41.7 Å². The molecule has 1 aromatic carbocycles. The minimum absolute atomic E-state index is 0.0694. The van der Waals surface area contributed by atoms with Gasteiger partial charge in [0.15, 0.2) is 5.69 Å². The Kier molecular flexibility index (Phi) is 8.01. The number of carboxylic acid groups (broad SMARTS) is 1. The van der Waals surface area contributed by atoms with Gasteiger partial charge in [0.2, 0.25) is 5.82 Å². The number of aliphatic carboxylic acids is 1. The highest BCUT2D eigenvalue weighted by molar-refractivity contribution is 5.67. The molecule has 5 rings (SSSR count). The molecule has 0 bridgehead atoms. The van der Waals surface area contributed by atoms with E-state index in [-0.39, 0.29) is 29.6 Å². The van der Waals surface area contributed by atoms with Gasteiger partial charge in [0.1, 0.15) is 0 Å². The number of aromatic nitrogens is 4. The zero-order valence-corrected chi connectivity index (χ0v) is 21.2. The van der Waals surface area contributed by atoms with Gasteiger partial charge in [-0.25, -0.2) is 0 Å². The molecule has 2 saturated heterocycles. The van der Waals surface area contributed by atoms with Crippen molar-refractivity contribution in [1.29, 1.82) is 0 Å². The van der Waals surface area contributed by atoms with Gasteiger partial charge < -0.3 is 24.4 Å². The SMILES string of the molecule is O=C(O)C[C@H]1CCCN(C[C@@H](O)c2ccc(-c3noc(-c4cnn(C5CCOCC5)c4C(F)(F)F)n3)cc2)C1. The molecule has 2 fully saturated rings. The molecule has 210 valence electrons.